The van der Waals surface area contributed by atoms with Crippen LogP contribution < -0.4 is 5.32 Å². The maximum absolute atomic E-state index is 13.3. The third kappa shape index (κ3) is 2.81. The number of rotatable bonds is 3. The van der Waals surface area contributed by atoms with Crippen LogP contribution in [0.5, 0.6) is 0 Å². The smallest absolute Gasteiger partial charge is 0.406 e. The van der Waals surface area contributed by atoms with E-state index in [2.05, 4.69) is 21.2 Å². The molecule has 1 heterocycles. The fourth-order valence-corrected chi connectivity index (χ4v) is 3.08. The van der Waals surface area contributed by atoms with Crippen molar-refractivity contribution >= 4 is 21.9 Å². The van der Waals surface area contributed by atoms with Crippen molar-refractivity contribution in [1.82, 2.24) is 5.32 Å². The van der Waals surface area contributed by atoms with Gasteiger partial charge in [-0.3, -0.25) is 4.79 Å². The van der Waals surface area contributed by atoms with Gasteiger partial charge in [-0.1, -0.05) is 28.1 Å². The fourth-order valence-electron chi connectivity index (χ4n) is 2.83. The molecule has 0 aromatic heterocycles. The van der Waals surface area contributed by atoms with Gasteiger partial charge in [-0.2, -0.15) is 13.2 Å². The highest BCUT2D eigenvalue weighted by molar-refractivity contribution is 9.10. The fraction of sp³-hybridized carbons (Fsp3) is 0.500. The molecule has 1 saturated heterocycles. The van der Waals surface area contributed by atoms with E-state index in [0.29, 0.717) is 5.56 Å². The van der Waals surface area contributed by atoms with E-state index < -0.39 is 30.0 Å². The Bertz CT molecular complexity index is 562. The number of benzene rings is 1. The molecule has 2 N–H and O–H groups in total. The minimum absolute atomic E-state index is 0.0426. The summed E-state index contributed by atoms with van der Waals surface area (Å²) in [6, 6.07) is 5.27. The highest BCUT2D eigenvalue weighted by Gasteiger charge is 2.66. The standard InChI is InChI=1S/C14H15BrF3NO2/c1-8-4-9(2-3-11(8)15)5-10-6-19-7-13(10,12(20)21)14(16,17)18/h2-4,10,19H,5-7H2,1H3,(H,20,21). The first-order valence-corrected chi connectivity index (χ1v) is 7.23. The topological polar surface area (TPSA) is 49.3 Å². The average Bonchev–Trinajstić information content (AvgIpc) is 2.78. The van der Waals surface area contributed by atoms with Crippen LogP contribution in [0, 0.1) is 18.3 Å². The maximum atomic E-state index is 13.3. The summed E-state index contributed by atoms with van der Waals surface area (Å²) in [5, 5.41) is 11.8. The molecule has 2 unspecified atom stereocenters. The van der Waals surface area contributed by atoms with Crippen molar-refractivity contribution in [2.45, 2.75) is 19.5 Å². The van der Waals surface area contributed by atoms with Gasteiger partial charge in [0.2, 0.25) is 0 Å². The normalized spacial score (nSPS) is 26.0. The number of hydrogen-bond donors (Lipinski definition) is 2. The number of nitrogens with one attached hydrogen (secondary N) is 1. The number of hydrogen-bond acceptors (Lipinski definition) is 2. The lowest BCUT2D eigenvalue weighted by molar-refractivity contribution is -0.236. The van der Waals surface area contributed by atoms with Gasteiger partial charge < -0.3 is 10.4 Å². The minimum Gasteiger partial charge on any atom is -0.481 e. The summed E-state index contributed by atoms with van der Waals surface area (Å²) in [6.07, 6.45) is -4.70. The second-order valence-electron chi connectivity index (χ2n) is 5.39. The Hall–Kier alpha value is -1.08. The number of carboxylic acid groups (broad SMARTS) is 1. The first kappa shape index (κ1) is 16.3. The van der Waals surface area contributed by atoms with Crippen molar-refractivity contribution in [2.24, 2.45) is 11.3 Å². The van der Waals surface area contributed by atoms with Gasteiger partial charge in [0, 0.05) is 16.9 Å². The molecule has 116 valence electrons. The van der Waals surface area contributed by atoms with Gasteiger partial charge in [0.25, 0.3) is 0 Å². The molecule has 0 amide bonds. The van der Waals surface area contributed by atoms with Crippen LogP contribution in [0.15, 0.2) is 22.7 Å². The quantitative estimate of drug-likeness (QED) is 0.864. The van der Waals surface area contributed by atoms with Crippen LogP contribution in [0.3, 0.4) is 0 Å². The van der Waals surface area contributed by atoms with Crippen LogP contribution in [0.1, 0.15) is 11.1 Å². The molecule has 0 spiro atoms. The second kappa shape index (κ2) is 5.61. The van der Waals surface area contributed by atoms with Crippen molar-refractivity contribution in [3.8, 4) is 0 Å². The molecule has 0 saturated carbocycles. The zero-order chi connectivity index (χ0) is 15.8. The summed E-state index contributed by atoms with van der Waals surface area (Å²) < 4.78 is 40.9. The van der Waals surface area contributed by atoms with Crippen LogP contribution in [0.2, 0.25) is 0 Å². The lowest BCUT2D eigenvalue weighted by atomic mass is 9.74. The monoisotopic (exact) mass is 365 g/mol. The van der Waals surface area contributed by atoms with Gasteiger partial charge in [-0.05, 0) is 37.1 Å². The maximum Gasteiger partial charge on any atom is 0.406 e. The number of halogens is 4. The first-order valence-electron chi connectivity index (χ1n) is 6.44. The number of carboxylic acids is 1. The Kier molecular flexibility index (Phi) is 4.35. The van der Waals surface area contributed by atoms with E-state index in [4.69, 9.17) is 0 Å². The Labute approximate surface area is 128 Å². The molecule has 3 nitrogen and oxygen atoms in total. The van der Waals surface area contributed by atoms with Crippen LogP contribution in [0.4, 0.5) is 13.2 Å². The second-order valence-corrected chi connectivity index (χ2v) is 6.24. The Morgan fingerprint density at radius 1 is 1.52 bits per heavy atom. The van der Waals surface area contributed by atoms with Crippen molar-refractivity contribution in [2.75, 3.05) is 13.1 Å². The van der Waals surface area contributed by atoms with Gasteiger partial charge in [-0.25, -0.2) is 0 Å². The molecule has 7 heteroatoms. The summed E-state index contributed by atoms with van der Waals surface area (Å²) in [7, 11) is 0. The van der Waals surface area contributed by atoms with Gasteiger partial charge in [0.1, 0.15) is 0 Å². The zero-order valence-electron chi connectivity index (χ0n) is 11.3. The highest BCUT2D eigenvalue weighted by atomic mass is 79.9. The number of alkyl halides is 3. The number of aliphatic carboxylic acids is 1. The third-order valence-electron chi connectivity index (χ3n) is 4.08. The molecule has 1 aliphatic heterocycles. The largest absolute Gasteiger partial charge is 0.481 e. The van der Waals surface area contributed by atoms with Gasteiger partial charge in [-0.15, -0.1) is 0 Å². The summed E-state index contributed by atoms with van der Waals surface area (Å²) in [5.41, 5.74) is -1.10. The van der Waals surface area contributed by atoms with Gasteiger partial charge in [0.15, 0.2) is 5.41 Å². The third-order valence-corrected chi connectivity index (χ3v) is 4.97. The lowest BCUT2D eigenvalue weighted by Crippen LogP contribution is -2.51. The van der Waals surface area contributed by atoms with E-state index in [-0.39, 0.29) is 13.0 Å². The summed E-state index contributed by atoms with van der Waals surface area (Å²) >= 11 is 3.33. The molecule has 0 aliphatic carbocycles. The molecule has 1 aromatic carbocycles. The summed E-state index contributed by atoms with van der Waals surface area (Å²) in [5.74, 6) is -2.82. The van der Waals surface area contributed by atoms with E-state index in [9.17, 15) is 23.1 Å². The molecule has 1 aromatic rings. The molecule has 0 radical (unpaired) electrons. The Morgan fingerprint density at radius 2 is 2.19 bits per heavy atom. The Morgan fingerprint density at radius 3 is 2.71 bits per heavy atom. The molecule has 1 aliphatic rings. The molecule has 2 rings (SSSR count). The van der Waals surface area contributed by atoms with Crippen molar-refractivity contribution < 1.29 is 23.1 Å². The van der Waals surface area contributed by atoms with Crippen LogP contribution >= 0.6 is 15.9 Å². The van der Waals surface area contributed by atoms with Crippen molar-refractivity contribution in [3.05, 3.63) is 33.8 Å². The first-order chi connectivity index (χ1) is 9.68. The number of aryl methyl sites for hydroxylation is 1. The number of carbonyl (C=O) groups is 1. The predicted molar refractivity (Wildman–Crippen MR) is 75.1 cm³/mol. The van der Waals surface area contributed by atoms with Crippen LogP contribution in [-0.4, -0.2) is 30.3 Å². The summed E-state index contributed by atoms with van der Waals surface area (Å²) in [6.45, 7) is 1.31. The van der Waals surface area contributed by atoms with E-state index in [1.807, 2.05) is 6.92 Å². The molecule has 21 heavy (non-hydrogen) atoms. The van der Waals surface area contributed by atoms with Crippen molar-refractivity contribution in [3.63, 3.8) is 0 Å². The SMILES string of the molecule is Cc1cc(CC2CNCC2(C(=O)O)C(F)(F)F)ccc1Br. The van der Waals surface area contributed by atoms with E-state index >= 15 is 0 Å². The van der Waals surface area contributed by atoms with E-state index in [0.717, 1.165) is 10.0 Å². The van der Waals surface area contributed by atoms with Gasteiger partial charge >= 0.3 is 12.1 Å². The molecule has 2 atom stereocenters. The zero-order valence-corrected chi connectivity index (χ0v) is 12.9. The Balaban J connectivity index is 2.33. The highest BCUT2D eigenvalue weighted by Crippen LogP contribution is 2.47. The lowest BCUT2D eigenvalue weighted by Gasteiger charge is -2.32. The van der Waals surface area contributed by atoms with Gasteiger partial charge in [0.05, 0.1) is 0 Å². The average molecular weight is 366 g/mol. The predicted octanol–water partition coefficient (Wildman–Crippen LogP) is 3.15. The van der Waals surface area contributed by atoms with E-state index in [1.54, 1.807) is 18.2 Å². The molecular formula is C14H15BrF3NO2. The molecular weight excluding hydrogens is 351 g/mol. The van der Waals surface area contributed by atoms with Crippen LogP contribution in [0.25, 0.3) is 0 Å². The minimum atomic E-state index is -4.78. The molecule has 0 bridgehead atoms. The van der Waals surface area contributed by atoms with Crippen molar-refractivity contribution in [1.29, 1.82) is 0 Å². The molecule has 1 fully saturated rings. The van der Waals surface area contributed by atoms with E-state index in [1.165, 1.54) is 0 Å². The summed E-state index contributed by atoms with van der Waals surface area (Å²) in [4.78, 5) is 11.3. The van der Waals surface area contributed by atoms with Crippen LogP contribution in [-0.2, 0) is 11.2 Å².